The number of aryl methyl sites for hydroxylation is 1. The number of rotatable bonds is 5. The fraction of sp³-hybridized carbons (Fsp3) is 0.200. The third-order valence-corrected chi connectivity index (χ3v) is 2.97. The molecule has 0 aliphatic carbocycles. The highest BCUT2D eigenvalue weighted by atomic mass is 19.1. The molecule has 0 aromatic heterocycles. The van der Waals surface area contributed by atoms with Crippen LogP contribution in [-0.2, 0) is 6.61 Å². The van der Waals surface area contributed by atoms with Crippen LogP contribution < -0.4 is 9.47 Å². The Labute approximate surface area is 121 Å². The van der Waals surface area contributed by atoms with Gasteiger partial charge in [-0.25, -0.2) is 4.39 Å². The van der Waals surface area contributed by atoms with E-state index in [0.717, 1.165) is 0 Å². The molecular formula is C15H14FNO4. The van der Waals surface area contributed by atoms with E-state index in [1.54, 1.807) is 13.0 Å². The van der Waals surface area contributed by atoms with E-state index < -0.39 is 4.92 Å². The van der Waals surface area contributed by atoms with E-state index in [1.807, 2.05) is 0 Å². The molecule has 0 fully saturated rings. The van der Waals surface area contributed by atoms with Crippen LogP contribution in [0.1, 0.15) is 11.1 Å². The third-order valence-electron chi connectivity index (χ3n) is 2.97. The molecule has 0 aliphatic rings. The van der Waals surface area contributed by atoms with Gasteiger partial charge >= 0.3 is 5.69 Å². The number of methoxy groups -OCH3 is 1. The number of benzene rings is 2. The van der Waals surface area contributed by atoms with Gasteiger partial charge in [-0.3, -0.25) is 10.1 Å². The van der Waals surface area contributed by atoms with Gasteiger partial charge in [0, 0.05) is 6.07 Å². The molecule has 0 saturated heterocycles. The topological polar surface area (TPSA) is 61.6 Å². The Morgan fingerprint density at radius 1 is 1.19 bits per heavy atom. The number of hydrogen-bond donors (Lipinski definition) is 0. The van der Waals surface area contributed by atoms with Crippen molar-refractivity contribution in [2.45, 2.75) is 13.5 Å². The Bertz CT molecular complexity index is 673. The molecule has 0 saturated carbocycles. The van der Waals surface area contributed by atoms with E-state index in [4.69, 9.17) is 9.47 Å². The predicted molar refractivity (Wildman–Crippen MR) is 75.1 cm³/mol. The first-order valence-electron chi connectivity index (χ1n) is 6.21. The third kappa shape index (κ3) is 3.47. The van der Waals surface area contributed by atoms with Gasteiger partial charge < -0.3 is 9.47 Å². The standard InChI is InChI=1S/C15H14FNO4/c1-10-7-12(16)4-6-14(10)21-9-11-3-5-15(20-2)13(8-11)17(18)19/h3-8H,9H2,1-2H3. The zero-order valence-corrected chi connectivity index (χ0v) is 11.6. The van der Waals surface area contributed by atoms with E-state index in [0.29, 0.717) is 16.9 Å². The molecule has 0 N–H and O–H groups in total. The number of ether oxygens (including phenoxy) is 2. The van der Waals surface area contributed by atoms with E-state index >= 15 is 0 Å². The molecule has 0 aliphatic heterocycles. The van der Waals surface area contributed by atoms with Crippen molar-refractivity contribution in [2.75, 3.05) is 7.11 Å². The molecule has 0 radical (unpaired) electrons. The van der Waals surface area contributed by atoms with Crippen molar-refractivity contribution in [3.63, 3.8) is 0 Å². The molecule has 0 amide bonds. The van der Waals surface area contributed by atoms with Gasteiger partial charge in [-0.15, -0.1) is 0 Å². The van der Waals surface area contributed by atoms with Crippen molar-refractivity contribution in [3.8, 4) is 11.5 Å². The predicted octanol–water partition coefficient (Wildman–Crippen LogP) is 3.63. The van der Waals surface area contributed by atoms with Gasteiger partial charge in [-0.2, -0.15) is 0 Å². The largest absolute Gasteiger partial charge is 0.490 e. The number of nitro benzene ring substituents is 1. The molecular weight excluding hydrogens is 277 g/mol. The van der Waals surface area contributed by atoms with Crippen LogP contribution in [0.2, 0.25) is 0 Å². The molecule has 5 nitrogen and oxygen atoms in total. The first-order chi connectivity index (χ1) is 10.0. The van der Waals surface area contributed by atoms with Gasteiger partial charge in [0.15, 0.2) is 5.75 Å². The lowest BCUT2D eigenvalue weighted by Gasteiger charge is -2.10. The summed E-state index contributed by atoms with van der Waals surface area (Å²) >= 11 is 0. The smallest absolute Gasteiger partial charge is 0.311 e. The summed E-state index contributed by atoms with van der Waals surface area (Å²) in [5.41, 5.74) is 1.18. The minimum absolute atomic E-state index is 0.116. The summed E-state index contributed by atoms with van der Waals surface area (Å²) in [7, 11) is 1.38. The SMILES string of the molecule is COc1ccc(COc2ccc(F)cc2C)cc1[N+](=O)[O-]. The van der Waals surface area contributed by atoms with Gasteiger partial charge in [0.1, 0.15) is 18.2 Å². The lowest BCUT2D eigenvalue weighted by Crippen LogP contribution is -2.00. The molecule has 6 heteroatoms. The van der Waals surface area contributed by atoms with Crippen LogP contribution >= 0.6 is 0 Å². The van der Waals surface area contributed by atoms with Gasteiger partial charge in [0.25, 0.3) is 0 Å². The molecule has 2 aromatic carbocycles. The van der Waals surface area contributed by atoms with Crippen LogP contribution in [0.3, 0.4) is 0 Å². The summed E-state index contributed by atoms with van der Waals surface area (Å²) < 4.78 is 23.5. The van der Waals surface area contributed by atoms with Crippen molar-refractivity contribution in [3.05, 3.63) is 63.5 Å². The lowest BCUT2D eigenvalue weighted by molar-refractivity contribution is -0.385. The summed E-state index contributed by atoms with van der Waals surface area (Å²) in [5, 5.41) is 10.9. The van der Waals surface area contributed by atoms with Crippen LogP contribution in [-0.4, -0.2) is 12.0 Å². The molecule has 0 heterocycles. The highest BCUT2D eigenvalue weighted by molar-refractivity contribution is 5.48. The van der Waals surface area contributed by atoms with Crippen molar-refractivity contribution >= 4 is 5.69 Å². The molecule has 0 unspecified atom stereocenters. The quantitative estimate of drug-likeness (QED) is 0.623. The van der Waals surface area contributed by atoms with Crippen LogP contribution in [0.4, 0.5) is 10.1 Å². The average molecular weight is 291 g/mol. The number of nitro groups is 1. The maximum atomic E-state index is 13.0. The molecule has 2 aromatic rings. The van der Waals surface area contributed by atoms with Crippen molar-refractivity contribution in [2.24, 2.45) is 0 Å². The zero-order valence-electron chi connectivity index (χ0n) is 11.6. The first-order valence-corrected chi connectivity index (χ1v) is 6.21. The Morgan fingerprint density at radius 3 is 2.52 bits per heavy atom. The summed E-state index contributed by atoms with van der Waals surface area (Å²) in [4.78, 5) is 10.4. The van der Waals surface area contributed by atoms with Gasteiger partial charge in [0.2, 0.25) is 0 Å². The van der Waals surface area contributed by atoms with E-state index in [1.165, 1.54) is 37.4 Å². The average Bonchev–Trinajstić information content (AvgIpc) is 2.46. The van der Waals surface area contributed by atoms with Gasteiger partial charge in [-0.05, 0) is 42.3 Å². The second-order valence-corrected chi connectivity index (χ2v) is 4.46. The zero-order chi connectivity index (χ0) is 15.4. The Hall–Kier alpha value is -2.63. The molecule has 0 bridgehead atoms. The second kappa shape index (κ2) is 6.21. The van der Waals surface area contributed by atoms with Gasteiger partial charge in [0.05, 0.1) is 12.0 Å². The summed E-state index contributed by atoms with van der Waals surface area (Å²) in [5.74, 6) is 0.400. The Morgan fingerprint density at radius 2 is 1.90 bits per heavy atom. The van der Waals surface area contributed by atoms with Crippen LogP contribution in [0, 0.1) is 22.9 Å². The molecule has 2 rings (SSSR count). The monoisotopic (exact) mass is 291 g/mol. The molecule has 110 valence electrons. The van der Waals surface area contributed by atoms with Crippen LogP contribution in [0.25, 0.3) is 0 Å². The number of halogens is 1. The molecule has 21 heavy (non-hydrogen) atoms. The van der Waals surface area contributed by atoms with Crippen molar-refractivity contribution < 1.29 is 18.8 Å². The van der Waals surface area contributed by atoms with Crippen LogP contribution in [0.5, 0.6) is 11.5 Å². The van der Waals surface area contributed by atoms with Gasteiger partial charge in [-0.1, -0.05) is 6.07 Å². The Kier molecular flexibility index (Phi) is 4.37. The first kappa shape index (κ1) is 14.8. The molecule has 0 atom stereocenters. The normalized spacial score (nSPS) is 10.2. The molecule has 0 spiro atoms. The highest BCUT2D eigenvalue weighted by Gasteiger charge is 2.15. The Balaban J connectivity index is 2.16. The number of nitrogens with zero attached hydrogens (tertiary/aromatic N) is 1. The maximum absolute atomic E-state index is 13.0. The fourth-order valence-electron chi connectivity index (χ4n) is 1.90. The van der Waals surface area contributed by atoms with E-state index in [2.05, 4.69) is 0 Å². The highest BCUT2D eigenvalue weighted by Crippen LogP contribution is 2.28. The van der Waals surface area contributed by atoms with Crippen molar-refractivity contribution in [1.82, 2.24) is 0 Å². The van der Waals surface area contributed by atoms with E-state index in [9.17, 15) is 14.5 Å². The van der Waals surface area contributed by atoms with Crippen molar-refractivity contribution in [1.29, 1.82) is 0 Å². The second-order valence-electron chi connectivity index (χ2n) is 4.46. The summed E-state index contributed by atoms with van der Waals surface area (Å²) in [6.07, 6.45) is 0. The summed E-state index contributed by atoms with van der Waals surface area (Å²) in [6.45, 7) is 1.88. The minimum Gasteiger partial charge on any atom is -0.490 e. The van der Waals surface area contributed by atoms with E-state index in [-0.39, 0.29) is 23.9 Å². The van der Waals surface area contributed by atoms with Crippen LogP contribution in [0.15, 0.2) is 36.4 Å². The minimum atomic E-state index is -0.508. The lowest BCUT2D eigenvalue weighted by atomic mass is 10.2. The maximum Gasteiger partial charge on any atom is 0.311 e. The fourth-order valence-corrected chi connectivity index (χ4v) is 1.90. The number of hydrogen-bond acceptors (Lipinski definition) is 4. The summed E-state index contributed by atoms with van der Waals surface area (Å²) in [6, 6.07) is 8.81.